The highest BCUT2D eigenvalue weighted by atomic mass is 15.3. The average Bonchev–Trinajstić information content (AvgIpc) is 3.18. The lowest BCUT2D eigenvalue weighted by molar-refractivity contribution is 0.953. The lowest BCUT2D eigenvalue weighted by atomic mass is 10.0. The van der Waals surface area contributed by atoms with Crippen molar-refractivity contribution < 1.29 is 0 Å². The first-order valence-corrected chi connectivity index (χ1v) is 9.52. The van der Waals surface area contributed by atoms with Gasteiger partial charge in [-0.2, -0.15) is 5.10 Å². The van der Waals surface area contributed by atoms with Crippen LogP contribution in [-0.2, 0) is 6.42 Å². The molecule has 0 aliphatic rings. The summed E-state index contributed by atoms with van der Waals surface area (Å²) in [5.74, 6) is 0.822. The highest BCUT2D eigenvalue weighted by Crippen LogP contribution is 2.26. The summed E-state index contributed by atoms with van der Waals surface area (Å²) in [6.45, 7) is 4.21. The number of benzene rings is 2. The Bertz CT molecular complexity index is 1340. The number of aromatic nitrogens is 5. The monoisotopic (exact) mass is 380 g/mol. The Morgan fingerprint density at radius 2 is 1.83 bits per heavy atom. The summed E-state index contributed by atoms with van der Waals surface area (Å²) in [5, 5.41) is 8.63. The minimum atomic E-state index is 0.822. The van der Waals surface area contributed by atoms with Gasteiger partial charge in [0.25, 0.3) is 0 Å². The van der Waals surface area contributed by atoms with Gasteiger partial charge in [0.1, 0.15) is 18.5 Å². The van der Waals surface area contributed by atoms with Gasteiger partial charge in [0.05, 0.1) is 5.52 Å². The van der Waals surface area contributed by atoms with Crippen molar-refractivity contribution in [3.05, 3.63) is 89.6 Å². The van der Waals surface area contributed by atoms with Crippen LogP contribution in [0.25, 0.3) is 16.6 Å². The summed E-state index contributed by atoms with van der Waals surface area (Å²) in [7, 11) is 0. The van der Waals surface area contributed by atoms with Gasteiger partial charge in [0.2, 0.25) is 0 Å². The van der Waals surface area contributed by atoms with Gasteiger partial charge in [-0.3, -0.25) is 0 Å². The maximum absolute atomic E-state index is 4.45. The van der Waals surface area contributed by atoms with Crippen LogP contribution in [0.15, 0.2) is 67.4 Å². The number of nitrogens with zero attached hydrogens (tertiary/aromatic N) is 5. The van der Waals surface area contributed by atoms with Crippen molar-refractivity contribution in [3.8, 4) is 0 Å². The second-order valence-electron chi connectivity index (χ2n) is 7.28. The van der Waals surface area contributed by atoms with Crippen molar-refractivity contribution in [1.82, 2.24) is 24.6 Å². The number of anilines is 2. The molecule has 6 nitrogen and oxygen atoms in total. The number of hydrogen-bond acceptors (Lipinski definition) is 5. The Balaban J connectivity index is 1.42. The van der Waals surface area contributed by atoms with Crippen LogP contribution in [0.4, 0.5) is 11.5 Å². The van der Waals surface area contributed by atoms with E-state index in [1.54, 1.807) is 17.2 Å². The van der Waals surface area contributed by atoms with Crippen LogP contribution in [0, 0.1) is 13.8 Å². The minimum absolute atomic E-state index is 0.822. The maximum atomic E-state index is 4.45. The van der Waals surface area contributed by atoms with Gasteiger partial charge >= 0.3 is 0 Å². The lowest BCUT2D eigenvalue weighted by Gasteiger charge is -2.12. The Morgan fingerprint density at radius 3 is 2.72 bits per heavy atom. The fraction of sp³-hybridized carbons (Fsp3) is 0.130. The molecule has 3 aromatic heterocycles. The van der Waals surface area contributed by atoms with Crippen molar-refractivity contribution in [3.63, 3.8) is 0 Å². The summed E-state index contributed by atoms with van der Waals surface area (Å²) < 4.78 is 1.77. The second kappa shape index (κ2) is 6.98. The van der Waals surface area contributed by atoms with Crippen LogP contribution in [0.1, 0.15) is 22.3 Å². The third-order valence-corrected chi connectivity index (χ3v) is 5.14. The smallest absolute Gasteiger partial charge is 0.155 e. The number of hydrogen-bond donors (Lipinski definition) is 1. The van der Waals surface area contributed by atoms with Crippen molar-refractivity contribution in [2.45, 2.75) is 20.3 Å². The summed E-state index contributed by atoms with van der Waals surface area (Å²) >= 11 is 0. The Kier molecular flexibility index (Phi) is 4.17. The predicted octanol–water partition coefficient (Wildman–Crippen LogP) is 4.62. The van der Waals surface area contributed by atoms with E-state index in [1.807, 2.05) is 12.3 Å². The summed E-state index contributed by atoms with van der Waals surface area (Å²) in [5.41, 5.74) is 7.72. The van der Waals surface area contributed by atoms with Crippen LogP contribution >= 0.6 is 0 Å². The standard InChI is InChI=1S/C23H20N6/c1-15-3-6-21-20(9-15)23(26-13-24-21)28-19-5-4-18(16(2)10-19)11-17-7-8-29-22(12-17)25-14-27-29/h3-10,12-14H,11H2,1-2H3,(H,24,26,28). The predicted molar refractivity (Wildman–Crippen MR) is 115 cm³/mol. The van der Waals surface area contributed by atoms with Gasteiger partial charge in [-0.15, -0.1) is 0 Å². The zero-order chi connectivity index (χ0) is 19.8. The molecule has 5 rings (SSSR count). The molecule has 0 saturated carbocycles. The van der Waals surface area contributed by atoms with Crippen molar-refractivity contribution in [1.29, 1.82) is 0 Å². The molecule has 0 bridgehead atoms. The number of aryl methyl sites for hydroxylation is 2. The number of rotatable bonds is 4. The van der Waals surface area contributed by atoms with Crippen LogP contribution < -0.4 is 5.32 Å². The topological polar surface area (TPSA) is 68.0 Å². The highest BCUT2D eigenvalue weighted by Gasteiger charge is 2.07. The first-order chi connectivity index (χ1) is 14.2. The zero-order valence-electron chi connectivity index (χ0n) is 16.3. The second-order valence-corrected chi connectivity index (χ2v) is 7.28. The van der Waals surface area contributed by atoms with E-state index < -0.39 is 0 Å². The molecule has 0 amide bonds. The van der Waals surface area contributed by atoms with E-state index in [0.717, 1.165) is 34.5 Å². The number of pyridine rings is 1. The van der Waals surface area contributed by atoms with Crippen LogP contribution in [0.2, 0.25) is 0 Å². The van der Waals surface area contributed by atoms with E-state index in [1.165, 1.54) is 22.3 Å². The zero-order valence-corrected chi connectivity index (χ0v) is 16.3. The highest BCUT2D eigenvalue weighted by molar-refractivity contribution is 5.91. The molecule has 0 fully saturated rings. The number of nitrogens with one attached hydrogen (secondary N) is 1. The molecule has 5 aromatic rings. The molecule has 0 atom stereocenters. The molecule has 0 saturated heterocycles. The van der Waals surface area contributed by atoms with Crippen LogP contribution in [0.5, 0.6) is 0 Å². The quantitative estimate of drug-likeness (QED) is 0.493. The summed E-state index contributed by atoms with van der Waals surface area (Å²) in [4.78, 5) is 13.1. The fourth-order valence-corrected chi connectivity index (χ4v) is 3.57. The Labute approximate surface area is 168 Å². The largest absolute Gasteiger partial charge is 0.340 e. The molecule has 142 valence electrons. The van der Waals surface area contributed by atoms with Crippen LogP contribution in [0.3, 0.4) is 0 Å². The fourth-order valence-electron chi connectivity index (χ4n) is 3.57. The van der Waals surface area contributed by atoms with Gasteiger partial charge in [-0.1, -0.05) is 17.7 Å². The van der Waals surface area contributed by atoms with E-state index in [-0.39, 0.29) is 0 Å². The van der Waals surface area contributed by atoms with Crippen LogP contribution in [-0.4, -0.2) is 24.6 Å². The summed E-state index contributed by atoms with van der Waals surface area (Å²) in [6, 6.07) is 16.8. The molecule has 0 aliphatic heterocycles. The van der Waals surface area contributed by atoms with Crippen molar-refractivity contribution >= 4 is 28.1 Å². The third kappa shape index (κ3) is 3.40. The molecule has 3 heterocycles. The molecular formula is C23H20N6. The molecule has 29 heavy (non-hydrogen) atoms. The average molecular weight is 380 g/mol. The van der Waals surface area contributed by atoms with Crippen molar-refractivity contribution in [2.24, 2.45) is 0 Å². The van der Waals surface area contributed by atoms with Gasteiger partial charge in [-0.05, 0) is 73.4 Å². The Hall–Kier alpha value is -3.80. The molecule has 1 N–H and O–H groups in total. The van der Waals surface area contributed by atoms with E-state index in [9.17, 15) is 0 Å². The van der Waals surface area contributed by atoms with E-state index in [2.05, 4.69) is 81.7 Å². The lowest BCUT2D eigenvalue weighted by Crippen LogP contribution is -1.99. The first kappa shape index (κ1) is 17.3. The minimum Gasteiger partial charge on any atom is -0.340 e. The SMILES string of the molecule is Cc1ccc2ncnc(Nc3ccc(Cc4ccn5ncnc5c4)c(C)c3)c2c1. The summed E-state index contributed by atoms with van der Waals surface area (Å²) in [6.07, 6.45) is 5.97. The van der Waals surface area contributed by atoms with E-state index >= 15 is 0 Å². The van der Waals surface area contributed by atoms with Gasteiger partial charge in [0.15, 0.2) is 5.65 Å². The van der Waals surface area contributed by atoms with Gasteiger partial charge in [-0.25, -0.2) is 19.5 Å². The third-order valence-electron chi connectivity index (χ3n) is 5.14. The molecule has 0 unspecified atom stereocenters. The Morgan fingerprint density at radius 1 is 0.897 bits per heavy atom. The molecule has 0 spiro atoms. The molecule has 6 heteroatoms. The molecule has 2 aromatic carbocycles. The molecule has 0 radical (unpaired) electrons. The first-order valence-electron chi connectivity index (χ1n) is 9.52. The van der Waals surface area contributed by atoms with Gasteiger partial charge < -0.3 is 5.32 Å². The van der Waals surface area contributed by atoms with Crippen molar-refractivity contribution in [2.75, 3.05) is 5.32 Å². The van der Waals surface area contributed by atoms with E-state index in [4.69, 9.17) is 0 Å². The molecular weight excluding hydrogens is 360 g/mol. The maximum Gasteiger partial charge on any atom is 0.155 e. The number of fused-ring (bicyclic) bond motifs is 2. The molecule has 0 aliphatic carbocycles. The normalized spacial score (nSPS) is 11.2. The van der Waals surface area contributed by atoms with E-state index in [0.29, 0.717) is 0 Å². The van der Waals surface area contributed by atoms with Gasteiger partial charge in [0, 0.05) is 17.3 Å².